The topological polar surface area (TPSA) is 58.6 Å². The molecule has 0 aromatic heterocycles. The predicted molar refractivity (Wildman–Crippen MR) is 103 cm³/mol. The van der Waals surface area contributed by atoms with Crippen molar-refractivity contribution in [1.82, 2.24) is 10.2 Å². The van der Waals surface area contributed by atoms with E-state index in [-0.39, 0.29) is 18.4 Å². The summed E-state index contributed by atoms with van der Waals surface area (Å²) >= 11 is 0. The fourth-order valence-electron chi connectivity index (χ4n) is 2.30. The predicted octanol–water partition coefficient (Wildman–Crippen LogP) is 2.79. The van der Waals surface area contributed by atoms with Crippen LogP contribution >= 0.6 is 0 Å². The summed E-state index contributed by atoms with van der Waals surface area (Å²) in [6.07, 6.45) is 3.15. The number of methoxy groups -OCH3 is 1. The standard InChI is InChI=1S/C21H24N2O3/c1-16-7-9-18(10-8-16)14-22-20(24)15-23(2)21(25)12-11-17-5-4-6-19(13-17)26-3/h4-13H,14-15H2,1-3H3,(H,22,24)/b12-11+. The molecule has 2 aromatic carbocycles. The van der Waals surface area contributed by atoms with Crippen LogP contribution in [0.5, 0.6) is 5.75 Å². The molecule has 2 amide bonds. The lowest BCUT2D eigenvalue weighted by atomic mass is 10.1. The first kappa shape index (κ1) is 19.2. The number of aryl methyl sites for hydroxylation is 1. The van der Waals surface area contributed by atoms with Crippen LogP contribution in [0.3, 0.4) is 0 Å². The number of carbonyl (C=O) groups excluding carboxylic acids is 2. The summed E-state index contributed by atoms with van der Waals surface area (Å²) in [4.78, 5) is 25.5. The van der Waals surface area contributed by atoms with E-state index in [2.05, 4.69) is 5.32 Å². The molecule has 0 aliphatic heterocycles. The van der Waals surface area contributed by atoms with Gasteiger partial charge in [-0.05, 0) is 36.3 Å². The van der Waals surface area contributed by atoms with Gasteiger partial charge >= 0.3 is 0 Å². The maximum Gasteiger partial charge on any atom is 0.246 e. The Morgan fingerprint density at radius 3 is 2.58 bits per heavy atom. The molecule has 26 heavy (non-hydrogen) atoms. The van der Waals surface area contributed by atoms with Crippen molar-refractivity contribution >= 4 is 17.9 Å². The molecule has 0 aliphatic rings. The van der Waals surface area contributed by atoms with Gasteiger partial charge in [-0.15, -0.1) is 0 Å². The second-order valence-electron chi connectivity index (χ2n) is 6.07. The zero-order chi connectivity index (χ0) is 18.9. The van der Waals surface area contributed by atoms with Gasteiger partial charge in [-0.1, -0.05) is 42.0 Å². The molecule has 0 saturated carbocycles. The summed E-state index contributed by atoms with van der Waals surface area (Å²) < 4.78 is 5.15. The van der Waals surface area contributed by atoms with E-state index in [0.29, 0.717) is 6.54 Å². The van der Waals surface area contributed by atoms with Crippen molar-refractivity contribution in [2.24, 2.45) is 0 Å². The fourth-order valence-corrected chi connectivity index (χ4v) is 2.30. The van der Waals surface area contributed by atoms with Crippen LogP contribution in [-0.4, -0.2) is 37.4 Å². The van der Waals surface area contributed by atoms with E-state index in [1.54, 1.807) is 20.2 Å². The van der Waals surface area contributed by atoms with Crippen molar-refractivity contribution in [3.63, 3.8) is 0 Å². The molecule has 0 heterocycles. The third-order valence-corrected chi connectivity index (χ3v) is 3.88. The van der Waals surface area contributed by atoms with Crippen LogP contribution in [-0.2, 0) is 16.1 Å². The first-order valence-corrected chi connectivity index (χ1v) is 8.37. The monoisotopic (exact) mass is 352 g/mol. The molecule has 5 nitrogen and oxygen atoms in total. The Labute approximate surface area is 154 Å². The van der Waals surface area contributed by atoms with Crippen LogP contribution in [0.15, 0.2) is 54.6 Å². The Morgan fingerprint density at radius 1 is 1.15 bits per heavy atom. The van der Waals surface area contributed by atoms with E-state index in [0.717, 1.165) is 16.9 Å². The molecule has 0 atom stereocenters. The normalized spacial score (nSPS) is 10.6. The smallest absolute Gasteiger partial charge is 0.246 e. The summed E-state index contributed by atoms with van der Waals surface area (Å²) in [5.74, 6) is 0.290. The molecule has 0 spiro atoms. The molecule has 0 fully saturated rings. The first-order valence-electron chi connectivity index (χ1n) is 8.37. The van der Waals surface area contributed by atoms with E-state index < -0.39 is 0 Å². The Balaban J connectivity index is 1.82. The van der Waals surface area contributed by atoms with Gasteiger partial charge in [0.1, 0.15) is 5.75 Å². The number of amides is 2. The quantitative estimate of drug-likeness (QED) is 0.780. The maximum absolute atomic E-state index is 12.1. The minimum atomic E-state index is -0.238. The van der Waals surface area contributed by atoms with E-state index in [1.807, 2.05) is 55.5 Å². The summed E-state index contributed by atoms with van der Waals surface area (Å²) in [7, 11) is 3.20. The zero-order valence-corrected chi connectivity index (χ0v) is 15.4. The number of nitrogens with zero attached hydrogens (tertiary/aromatic N) is 1. The van der Waals surface area contributed by atoms with Crippen molar-refractivity contribution in [3.8, 4) is 5.75 Å². The highest BCUT2D eigenvalue weighted by Gasteiger charge is 2.10. The molecule has 0 radical (unpaired) electrons. The number of nitrogens with one attached hydrogen (secondary N) is 1. The third-order valence-electron chi connectivity index (χ3n) is 3.88. The Bertz CT molecular complexity index is 782. The van der Waals surface area contributed by atoms with Crippen LogP contribution in [0.25, 0.3) is 6.08 Å². The van der Waals surface area contributed by atoms with Gasteiger partial charge in [0.15, 0.2) is 0 Å². The van der Waals surface area contributed by atoms with Gasteiger partial charge < -0.3 is 15.0 Å². The number of ether oxygens (including phenoxy) is 1. The number of rotatable bonds is 7. The molecule has 0 unspecified atom stereocenters. The number of benzene rings is 2. The highest BCUT2D eigenvalue weighted by molar-refractivity contribution is 5.94. The summed E-state index contributed by atoms with van der Waals surface area (Å²) in [6.45, 7) is 2.47. The first-order chi connectivity index (χ1) is 12.5. The number of hydrogen-bond acceptors (Lipinski definition) is 3. The lowest BCUT2D eigenvalue weighted by Gasteiger charge is -2.15. The van der Waals surface area contributed by atoms with E-state index >= 15 is 0 Å². The van der Waals surface area contributed by atoms with Crippen LogP contribution in [0, 0.1) is 6.92 Å². The molecular formula is C21H24N2O3. The molecule has 136 valence electrons. The minimum absolute atomic E-state index is 0.00709. The Kier molecular flexibility index (Phi) is 6.97. The van der Waals surface area contributed by atoms with Gasteiger partial charge in [0, 0.05) is 19.7 Å². The van der Waals surface area contributed by atoms with Gasteiger partial charge in [-0.2, -0.15) is 0 Å². The highest BCUT2D eigenvalue weighted by atomic mass is 16.5. The molecule has 0 aliphatic carbocycles. The Hall–Kier alpha value is -3.08. The summed E-state index contributed by atoms with van der Waals surface area (Å²) in [6, 6.07) is 15.3. The van der Waals surface area contributed by atoms with Gasteiger partial charge in [-0.25, -0.2) is 0 Å². The fraction of sp³-hybridized carbons (Fsp3) is 0.238. The Morgan fingerprint density at radius 2 is 1.88 bits per heavy atom. The van der Waals surface area contributed by atoms with Crippen LogP contribution in [0.2, 0.25) is 0 Å². The maximum atomic E-state index is 12.1. The number of carbonyl (C=O) groups is 2. The molecule has 2 aromatic rings. The van der Waals surface area contributed by atoms with Crippen molar-refractivity contribution in [2.75, 3.05) is 20.7 Å². The van der Waals surface area contributed by atoms with Crippen molar-refractivity contribution in [3.05, 3.63) is 71.3 Å². The van der Waals surface area contributed by atoms with Gasteiger partial charge in [0.25, 0.3) is 0 Å². The van der Waals surface area contributed by atoms with Gasteiger partial charge in [0.2, 0.25) is 11.8 Å². The summed E-state index contributed by atoms with van der Waals surface area (Å²) in [5.41, 5.74) is 3.05. The second-order valence-corrected chi connectivity index (χ2v) is 6.07. The molecule has 1 N–H and O–H groups in total. The minimum Gasteiger partial charge on any atom is -0.497 e. The van der Waals surface area contributed by atoms with E-state index in [1.165, 1.54) is 16.5 Å². The second kappa shape index (κ2) is 9.42. The number of likely N-dealkylation sites (N-methyl/N-ethyl adjacent to an activating group) is 1. The molecule has 2 rings (SSSR count). The van der Waals surface area contributed by atoms with Crippen molar-refractivity contribution in [1.29, 1.82) is 0 Å². The average Bonchev–Trinajstić information content (AvgIpc) is 2.65. The third kappa shape index (κ3) is 6.09. The van der Waals surface area contributed by atoms with Crippen LogP contribution in [0.1, 0.15) is 16.7 Å². The van der Waals surface area contributed by atoms with Crippen molar-refractivity contribution < 1.29 is 14.3 Å². The zero-order valence-electron chi connectivity index (χ0n) is 15.4. The molecule has 0 bridgehead atoms. The van der Waals surface area contributed by atoms with Crippen LogP contribution in [0.4, 0.5) is 0 Å². The largest absolute Gasteiger partial charge is 0.497 e. The van der Waals surface area contributed by atoms with Crippen LogP contribution < -0.4 is 10.1 Å². The molecule has 5 heteroatoms. The average molecular weight is 352 g/mol. The number of hydrogen-bond donors (Lipinski definition) is 1. The van der Waals surface area contributed by atoms with Gasteiger partial charge in [0.05, 0.1) is 13.7 Å². The lowest BCUT2D eigenvalue weighted by Crippen LogP contribution is -2.37. The summed E-state index contributed by atoms with van der Waals surface area (Å²) in [5, 5.41) is 2.82. The molecule has 0 saturated heterocycles. The molecular weight excluding hydrogens is 328 g/mol. The highest BCUT2D eigenvalue weighted by Crippen LogP contribution is 2.13. The van der Waals surface area contributed by atoms with Gasteiger partial charge in [-0.3, -0.25) is 9.59 Å². The van der Waals surface area contributed by atoms with Crippen molar-refractivity contribution in [2.45, 2.75) is 13.5 Å². The van der Waals surface area contributed by atoms with E-state index in [4.69, 9.17) is 4.74 Å². The van der Waals surface area contributed by atoms with E-state index in [9.17, 15) is 9.59 Å². The SMILES string of the molecule is COc1cccc(/C=C/C(=O)N(C)CC(=O)NCc2ccc(C)cc2)c1. The lowest BCUT2D eigenvalue weighted by molar-refractivity contribution is -0.131.